The molecule has 6 heteroatoms. The number of aromatic nitrogens is 5. The number of hydrogen-bond acceptors (Lipinski definition) is 4. The van der Waals surface area contributed by atoms with Crippen LogP contribution in [-0.2, 0) is 7.05 Å². The Labute approximate surface area is 121 Å². The summed E-state index contributed by atoms with van der Waals surface area (Å²) in [4.78, 5) is 16.0. The molecule has 0 spiro atoms. The molecule has 0 aliphatic heterocycles. The van der Waals surface area contributed by atoms with Gasteiger partial charge in [-0.3, -0.25) is 9.48 Å². The second-order valence-corrected chi connectivity index (χ2v) is 4.53. The number of carbonyl (C=O) groups is 1. The summed E-state index contributed by atoms with van der Waals surface area (Å²) in [6.45, 7) is 0. The maximum Gasteiger partial charge on any atom is 0.185 e. The normalized spacial score (nSPS) is 11.1. The van der Waals surface area contributed by atoms with E-state index >= 15 is 0 Å². The van der Waals surface area contributed by atoms with Crippen molar-refractivity contribution in [3.8, 4) is 5.69 Å². The molecule has 3 rings (SSSR count). The van der Waals surface area contributed by atoms with Crippen LogP contribution in [-0.4, -0.2) is 30.3 Å². The van der Waals surface area contributed by atoms with Crippen LogP contribution in [0.2, 0.25) is 0 Å². The van der Waals surface area contributed by atoms with Gasteiger partial charge < -0.3 is 0 Å². The van der Waals surface area contributed by atoms with Gasteiger partial charge in [-0.25, -0.2) is 9.67 Å². The minimum absolute atomic E-state index is 0.0519. The first-order chi connectivity index (χ1) is 10.2. The highest BCUT2D eigenvalue weighted by Crippen LogP contribution is 2.10. The lowest BCUT2D eigenvalue weighted by molar-refractivity contribution is 0.104. The second-order valence-electron chi connectivity index (χ2n) is 4.53. The number of aryl methyl sites for hydroxylation is 1. The van der Waals surface area contributed by atoms with Crippen molar-refractivity contribution >= 4 is 11.9 Å². The summed E-state index contributed by atoms with van der Waals surface area (Å²) >= 11 is 0. The molecule has 0 saturated carbocycles. The van der Waals surface area contributed by atoms with Gasteiger partial charge in [0.05, 0.1) is 11.9 Å². The van der Waals surface area contributed by atoms with Crippen molar-refractivity contribution in [1.82, 2.24) is 24.5 Å². The van der Waals surface area contributed by atoms with E-state index in [-0.39, 0.29) is 5.78 Å². The molecule has 0 radical (unpaired) electrons. The van der Waals surface area contributed by atoms with Crippen molar-refractivity contribution in [3.63, 3.8) is 0 Å². The Morgan fingerprint density at radius 2 is 2.00 bits per heavy atom. The molecule has 2 heterocycles. The minimum atomic E-state index is -0.0519. The molecular weight excluding hydrogens is 266 g/mol. The topological polar surface area (TPSA) is 65.6 Å². The third-order valence-corrected chi connectivity index (χ3v) is 2.99. The van der Waals surface area contributed by atoms with E-state index in [9.17, 15) is 4.79 Å². The Kier molecular flexibility index (Phi) is 3.42. The quantitative estimate of drug-likeness (QED) is 0.540. The van der Waals surface area contributed by atoms with Crippen LogP contribution in [0.25, 0.3) is 11.8 Å². The van der Waals surface area contributed by atoms with Gasteiger partial charge in [0.1, 0.15) is 12.7 Å². The molecule has 0 unspecified atom stereocenters. The number of nitrogens with zero attached hydrogens (tertiary/aromatic N) is 5. The fraction of sp³-hybridized carbons (Fsp3) is 0.0667. The largest absolute Gasteiger partial charge is 0.289 e. The lowest BCUT2D eigenvalue weighted by Crippen LogP contribution is -1.97. The van der Waals surface area contributed by atoms with Crippen LogP contribution in [0.1, 0.15) is 15.9 Å². The molecule has 0 fully saturated rings. The molecule has 6 nitrogen and oxygen atoms in total. The van der Waals surface area contributed by atoms with Crippen LogP contribution in [0, 0.1) is 0 Å². The maximum atomic E-state index is 12.1. The Hall–Kier alpha value is -3.02. The van der Waals surface area contributed by atoms with Gasteiger partial charge in [0.2, 0.25) is 0 Å². The van der Waals surface area contributed by atoms with E-state index in [4.69, 9.17) is 0 Å². The summed E-state index contributed by atoms with van der Waals surface area (Å²) < 4.78 is 3.33. The first kappa shape index (κ1) is 13.0. The fourth-order valence-corrected chi connectivity index (χ4v) is 1.91. The molecular formula is C15H13N5O. The second kappa shape index (κ2) is 5.54. The lowest BCUT2D eigenvalue weighted by Gasteiger charge is -2.01. The van der Waals surface area contributed by atoms with Crippen molar-refractivity contribution in [2.75, 3.05) is 0 Å². The van der Waals surface area contributed by atoms with Gasteiger partial charge in [-0.2, -0.15) is 10.2 Å². The van der Waals surface area contributed by atoms with Crippen LogP contribution >= 0.6 is 0 Å². The van der Waals surface area contributed by atoms with Crippen LogP contribution < -0.4 is 0 Å². The third kappa shape index (κ3) is 2.94. The zero-order valence-corrected chi connectivity index (χ0v) is 11.4. The zero-order chi connectivity index (χ0) is 14.7. The first-order valence-corrected chi connectivity index (χ1v) is 6.38. The van der Waals surface area contributed by atoms with Crippen LogP contribution in [0.3, 0.4) is 0 Å². The fourth-order valence-electron chi connectivity index (χ4n) is 1.91. The van der Waals surface area contributed by atoms with Crippen LogP contribution in [0.5, 0.6) is 0 Å². The van der Waals surface area contributed by atoms with E-state index < -0.39 is 0 Å². The average molecular weight is 279 g/mol. The smallest absolute Gasteiger partial charge is 0.185 e. The molecule has 0 atom stereocenters. The summed E-state index contributed by atoms with van der Waals surface area (Å²) in [6, 6.07) is 7.21. The predicted octanol–water partition coefficient (Wildman–Crippen LogP) is 1.90. The van der Waals surface area contributed by atoms with Crippen LogP contribution in [0.4, 0.5) is 0 Å². The van der Waals surface area contributed by atoms with Gasteiger partial charge in [0.25, 0.3) is 0 Å². The lowest BCUT2D eigenvalue weighted by atomic mass is 10.1. The molecule has 104 valence electrons. The molecule has 0 bridgehead atoms. The number of carbonyl (C=O) groups excluding carboxylic acids is 1. The molecule has 0 saturated heterocycles. The summed E-state index contributed by atoms with van der Waals surface area (Å²) in [6.07, 6.45) is 9.92. The van der Waals surface area contributed by atoms with Gasteiger partial charge >= 0.3 is 0 Å². The van der Waals surface area contributed by atoms with Crippen molar-refractivity contribution in [2.45, 2.75) is 0 Å². The van der Waals surface area contributed by atoms with Crippen LogP contribution in [0.15, 0.2) is 55.4 Å². The summed E-state index contributed by atoms with van der Waals surface area (Å²) in [5, 5.41) is 8.08. The Bertz CT molecular complexity index is 769. The number of hydrogen-bond donors (Lipinski definition) is 0. The standard InChI is InChI=1S/C15H13N5O/c1-19-9-12(8-17-19)2-7-15(21)13-3-5-14(6-4-13)20-11-16-10-18-20/h2-11H,1H3. The molecule has 21 heavy (non-hydrogen) atoms. The molecule has 2 aromatic heterocycles. The Morgan fingerprint density at radius 3 is 2.62 bits per heavy atom. The SMILES string of the molecule is Cn1cc(C=CC(=O)c2ccc(-n3cncn3)cc2)cn1. The Balaban J connectivity index is 1.74. The maximum absolute atomic E-state index is 12.1. The monoisotopic (exact) mass is 279 g/mol. The van der Waals surface area contributed by atoms with E-state index in [2.05, 4.69) is 15.2 Å². The third-order valence-electron chi connectivity index (χ3n) is 2.99. The van der Waals surface area contributed by atoms with Crippen molar-refractivity contribution in [2.24, 2.45) is 7.05 Å². The molecule has 0 aliphatic rings. The van der Waals surface area contributed by atoms with Gasteiger partial charge in [-0.1, -0.05) is 0 Å². The minimum Gasteiger partial charge on any atom is -0.289 e. The van der Waals surface area contributed by atoms with Crippen molar-refractivity contribution in [3.05, 3.63) is 66.5 Å². The number of allylic oxidation sites excluding steroid dienone is 1. The van der Waals surface area contributed by atoms with E-state index in [1.54, 1.807) is 46.2 Å². The van der Waals surface area contributed by atoms with E-state index in [0.717, 1.165) is 11.3 Å². The highest BCUT2D eigenvalue weighted by Gasteiger charge is 2.03. The number of benzene rings is 1. The van der Waals surface area contributed by atoms with Crippen molar-refractivity contribution < 1.29 is 4.79 Å². The highest BCUT2D eigenvalue weighted by atomic mass is 16.1. The van der Waals surface area contributed by atoms with E-state index in [1.165, 1.54) is 6.33 Å². The van der Waals surface area contributed by atoms with Gasteiger partial charge in [0, 0.05) is 24.4 Å². The Morgan fingerprint density at radius 1 is 1.19 bits per heavy atom. The molecule has 0 amide bonds. The summed E-state index contributed by atoms with van der Waals surface area (Å²) in [7, 11) is 1.84. The molecule has 0 aliphatic carbocycles. The zero-order valence-electron chi connectivity index (χ0n) is 11.4. The molecule has 1 aromatic carbocycles. The number of ketones is 1. The first-order valence-electron chi connectivity index (χ1n) is 6.38. The van der Waals surface area contributed by atoms with E-state index in [0.29, 0.717) is 5.56 Å². The van der Waals surface area contributed by atoms with Gasteiger partial charge in [-0.15, -0.1) is 0 Å². The summed E-state index contributed by atoms with van der Waals surface area (Å²) in [5.74, 6) is -0.0519. The van der Waals surface area contributed by atoms with Gasteiger partial charge in [0.15, 0.2) is 5.78 Å². The average Bonchev–Trinajstić information content (AvgIpc) is 3.16. The molecule has 3 aromatic rings. The molecule has 0 N–H and O–H groups in total. The highest BCUT2D eigenvalue weighted by molar-refractivity contribution is 6.06. The summed E-state index contributed by atoms with van der Waals surface area (Å²) in [5.41, 5.74) is 2.38. The van der Waals surface area contributed by atoms with Crippen molar-refractivity contribution in [1.29, 1.82) is 0 Å². The van der Waals surface area contributed by atoms with Gasteiger partial charge in [-0.05, 0) is 36.4 Å². The number of rotatable bonds is 4. The van der Waals surface area contributed by atoms with E-state index in [1.807, 2.05) is 25.4 Å². The predicted molar refractivity (Wildman–Crippen MR) is 77.9 cm³/mol.